The third-order valence-electron chi connectivity index (χ3n) is 12.0. The Morgan fingerprint density at radius 3 is 1.57 bits per heavy atom. The molecule has 286 valence electrons. The fourth-order valence-electron chi connectivity index (χ4n) is 9.13. The van der Waals surface area contributed by atoms with Gasteiger partial charge in [0.2, 0.25) is 0 Å². The molecule has 0 saturated carbocycles. The molecular formula is C42H52N6O6. The summed E-state index contributed by atoms with van der Waals surface area (Å²) in [6, 6.07) is 16.4. The lowest BCUT2D eigenvalue weighted by atomic mass is 9.84. The number of carboxylic acid groups (broad SMARTS) is 3. The van der Waals surface area contributed by atoms with E-state index >= 15 is 0 Å². The molecule has 2 aromatic carbocycles. The Morgan fingerprint density at radius 1 is 0.667 bits per heavy atom. The standard InChI is InChI=1S/C42H52N6O6/c49-40(50)34(30-7-10-43-18-30)15-26-3-1-5-28(13-26)23-48(24-29-6-2-4-27(14-29)16-35(41(51)52)31-8-11-44-19-31)25-38-39-33(21-46-37(39)22-47-38)17-36(42(53)54)32-9-12-45-20-32/h1-6,13-14,21-22,30-32,34-36,43-45H,7-12,15-20,23-25H2,(H,49,50)(H,51,52)(H,53,54). The Labute approximate surface area is 316 Å². The van der Waals surface area contributed by atoms with E-state index in [0.29, 0.717) is 45.4 Å². The predicted octanol–water partition coefficient (Wildman–Crippen LogP) is 3.77. The second-order valence-electron chi connectivity index (χ2n) is 15.7. The molecule has 3 saturated heterocycles. The second-order valence-corrected chi connectivity index (χ2v) is 15.7. The van der Waals surface area contributed by atoms with Crippen LogP contribution in [0.15, 0.2) is 81.6 Å². The molecule has 0 amide bonds. The SMILES string of the molecule is O=C(O)C(CC1=CN=C2C=NC(CN(Cc3cccc(CC(C(=O)O)C4CCNC4)c3)Cc3cccc(CC(C(=O)O)C4CCNC4)c3)=C12)C1CCNC1. The van der Waals surface area contributed by atoms with Crippen LogP contribution in [0.4, 0.5) is 0 Å². The van der Waals surface area contributed by atoms with Crippen molar-refractivity contribution in [2.45, 2.75) is 51.6 Å². The summed E-state index contributed by atoms with van der Waals surface area (Å²) in [5, 5.41) is 40.3. The van der Waals surface area contributed by atoms with Crippen LogP contribution in [0.25, 0.3) is 0 Å². The van der Waals surface area contributed by atoms with E-state index < -0.39 is 35.7 Å². The molecule has 5 heterocycles. The average Bonchev–Trinajstić information content (AvgIpc) is 4.00. The van der Waals surface area contributed by atoms with Gasteiger partial charge in [-0.25, -0.2) is 0 Å². The Balaban J connectivity index is 1.14. The quantitative estimate of drug-likeness (QED) is 0.132. The number of rotatable bonds is 18. The minimum absolute atomic E-state index is 0.0613. The van der Waals surface area contributed by atoms with Crippen LogP contribution in [0.5, 0.6) is 0 Å². The van der Waals surface area contributed by atoms with Gasteiger partial charge in [-0.15, -0.1) is 0 Å². The lowest BCUT2D eigenvalue weighted by Crippen LogP contribution is -2.28. The van der Waals surface area contributed by atoms with Gasteiger partial charge in [-0.2, -0.15) is 0 Å². The fraction of sp³-hybridized carbons (Fsp3) is 0.500. The van der Waals surface area contributed by atoms with Crippen molar-refractivity contribution >= 4 is 29.8 Å². The van der Waals surface area contributed by atoms with Crippen molar-refractivity contribution < 1.29 is 29.7 Å². The maximum atomic E-state index is 12.4. The van der Waals surface area contributed by atoms with Gasteiger partial charge in [-0.1, -0.05) is 48.5 Å². The van der Waals surface area contributed by atoms with Crippen LogP contribution in [0.1, 0.15) is 47.9 Å². The van der Waals surface area contributed by atoms with Crippen molar-refractivity contribution in [3.8, 4) is 0 Å². The van der Waals surface area contributed by atoms with E-state index in [0.717, 1.165) is 96.8 Å². The van der Waals surface area contributed by atoms with Crippen LogP contribution in [-0.4, -0.2) is 95.9 Å². The number of allylic oxidation sites excluding steroid dienone is 2. The van der Waals surface area contributed by atoms with Gasteiger partial charge in [0, 0.05) is 31.4 Å². The largest absolute Gasteiger partial charge is 0.481 e. The van der Waals surface area contributed by atoms with Gasteiger partial charge >= 0.3 is 17.9 Å². The number of carboxylic acids is 3. The van der Waals surface area contributed by atoms with Gasteiger partial charge in [0.15, 0.2) is 0 Å². The third kappa shape index (κ3) is 9.06. The summed E-state index contributed by atoms with van der Waals surface area (Å²) < 4.78 is 0. The first-order chi connectivity index (χ1) is 26.2. The summed E-state index contributed by atoms with van der Waals surface area (Å²) in [7, 11) is 0. The molecule has 0 spiro atoms. The summed E-state index contributed by atoms with van der Waals surface area (Å²) in [6.45, 7) is 6.27. The lowest BCUT2D eigenvalue weighted by Gasteiger charge is -2.25. The number of nitrogens with one attached hydrogen (secondary N) is 3. The molecule has 5 aliphatic rings. The Bertz CT molecular complexity index is 1750. The Kier molecular flexibility index (Phi) is 12.1. The maximum Gasteiger partial charge on any atom is 0.307 e. The number of fused-ring (bicyclic) bond motifs is 1. The van der Waals surface area contributed by atoms with Gasteiger partial charge in [0.1, 0.15) is 0 Å². The molecule has 6 N–H and O–H groups in total. The van der Waals surface area contributed by atoms with Crippen LogP contribution in [-0.2, 0) is 40.3 Å². The van der Waals surface area contributed by atoms with Crippen LogP contribution in [0.3, 0.4) is 0 Å². The van der Waals surface area contributed by atoms with Gasteiger partial charge in [0.05, 0.1) is 35.4 Å². The summed E-state index contributed by atoms with van der Waals surface area (Å²) in [5.74, 6) is -3.47. The molecule has 0 aromatic heterocycles. The van der Waals surface area contributed by atoms with Gasteiger partial charge in [-0.05, 0) is 123 Å². The first-order valence-electron chi connectivity index (χ1n) is 19.4. The maximum absolute atomic E-state index is 12.4. The van der Waals surface area contributed by atoms with Crippen molar-refractivity contribution in [3.63, 3.8) is 0 Å². The summed E-state index contributed by atoms with van der Waals surface area (Å²) in [6.07, 6.45) is 7.46. The molecule has 12 nitrogen and oxygen atoms in total. The molecule has 0 bridgehead atoms. The zero-order chi connectivity index (χ0) is 37.6. The monoisotopic (exact) mass is 736 g/mol. The van der Waals surface area contributed by atoms with E-state index in [9.17, 15) is 29.7 Å². The fourth-order valence-corrected chi connectivity index (χ4v) is 9.13. The summed E-state index contributed by atoms with van der Waals surface area (Å²) in [5.41, 5.74) is 7.53. The van der Waals surface area contributed by atoms with Crippen LogP contribution >= 0.6 is 0 Å². The number of aliphatic carboxylic acids is 3. The highest BCUT2D eigenvalue weighted by Gasteiger charge is 2.36. The van der Waals surface area contributed by atoms with Crippen molar-refractivity contribution in [1.29, 1.82) is 0 Å². The van der Waals surface area contributed by atoms with Crippen LogP contribution < -0.4 is 16.0 Å². The molecular weight excluding hydrogens is 684 g/mol. The number of aliphatic imine (C=N–C) groups is 2. The molecule has 54 heavy (non-hydrogen) atoms. The first-order valence-corrected chi connectivity index (χ1v) is 19.4. The number of nitrogens with zero attached hydrogens (tertiary/aromatic N) is 3. The topological polar surface area (TPSA) is 176 Å². The summed E-state index contributed by atoms with van der Waals surface area (Å²) >= 11 is 0. The number of benzene rings is 2. The zero-order valence-corrected chi connectivity index (χ0v) is 30.8. The number of hydrogen-bond acceptors (Lipinski definition) is 9. The number of hydrogen-bond donors (Lipinski definition) is 6. The van der Waals surface area contributed by atoms with E-state index in [1.807, 2.05) is 30.5 Å². The highest BCUT2D eigenvalue weighted by atomic mass is 16.4. The van der Waals surface area contributed by atoms with Crippen LogP contribution in [0, 0.1) is 35.5 Å². The predicted molar refractivity (Wildman–Crippen MR) is 206 cm³/mol. The molecule has 6 atom stereocenters. The minimum Gasteiger partial charge on any atom is -0.481 e. The highest BCUT2D eigenvalue weighted by molar-refractivity contribution is 6.42. The van der Waals surface area contributed by atoms with E-state index in [4.69, 9.17) is 4.99 Å². The minimum atomic E-state index is -0.788. The molecule has 2 aromatic rings. The van der Waals surface area contributed by atoms with Crippen molar-refractivity contribution in [2.24, 2.45) is 45.5 Å². The lowest BCUT2D eigenvalue weighted by molar-refractivity contribution is -0.144. The zero-order valence-electron chi connectivity index (χ0n) is 30.8. The van der Waals surface area contributed by atoms with Gasteiger partial charge < -0.3 is 31.3 Å². The van der Waals surface area contributed by atoms with E-state index in [1.165, 1.54) is 0 Å². The van der Waals surface area contributed by atoms with Crippen molar-refractivity contribution in [1.82, 2.24) is 20.9 Å². The van der Waals surface area contributed by atoms with Gasteiger partial charge in [-0.3, -0.25) is 29.3 Å². The molecule has 6 unspecified atom stereocenters. The van der Waals surface area contributed by atoms with Crippen molar-refractivity contribution in [2.75, 3.05) is 45.8 Å². The Hall–Kier alpha value is -4.49. The van der Waals surface area contributed by atoms with E-state index in [2.05, 4.69) is 50.1 Å². The van der Waals surface area contributed by atoms with E-state index in [1.54, 1.807) is 6.21 Å². The molecule has 0 radical (unpaired) electrons. The van der Waals surface area contributed by atoms with E-state index in [-0.39, 0.29) is 17.8 Å². The molecule has 12 heteroatoms. The van der Waals surface area contributed by atoms with Crippen LogP contribution in [0.2, 0.25) is 0 Å². The number of carbonyl (C=O) groups is 3. The second kappa shape index (κ2) is 17.3. The van der Waals surface area contributed by atoms with Crippen molar-refractivity contribution in [3.05, 3.63) is 93.8 Å². The third-order valence-corrected chi connectivity index (χ3v) is 12.0. The molecule has 0 aliphatic carbocycles. The molecule has 5 aliphatic heterocycles. The summed E-state index contributed by atoms with van der Waals surface area (Å²) in [4.78, 5) is 48.8. The van der Waals surface area contributed by atoms with Gasteiger partial charge in [0.25, 0.3) is 0 Å². The average molecular weight is 737 g/mol. The molecule has 3 fully saturated rings. The molecule has 7 rings (SSSR count). The smallest absolute Gasteiger partial charge is 0.307 e. The first kappa shape index (κ1) is 37.8. The highest BCUT2D eigenvalue weighted by Crippen LogP contribution is 2.36. The Morgan fingerprint density at radius 2 is 1.13 bits per heavy atom. The normalized spacial score (nSPS) is 23.8.